The van der Waals surface area contributed by atoms with Gasteiger partial charge in [-0.25, -0.2) is 0 Å². The summed E-state index contributed by atoms with van der Waals surface area (Å²) in [5, 5.41) is 20.0. The first-order valence-corrected chi connectivity index (χ1v) is 7.66. The number of H-pyrrole nitrogens is 1. The summed E-state index contributed by atoms with van der Waals surface area (Å²) in [6, 6.07) is 7.70. The molecule has 1 aromatic carbocycles. The molecular formula is C14H28N8. The van der Waals surface area contributed by atoms with Crippen molar-refractivity contribution in [3.05, 3.63) is 24.3 Å². The van der Waals surface area contributed by atoms with Crippen LogP contribution in [0.2, 0.25) is 0 Å². The van der Waals surface area contributed by atoms with Gasteiger partial charge in [0, 0.05) is 52.4 Å². The van der Waals surface area contributed by atoms with Crippen LogP contribution in [-0.4, -0.2) is 67.8 Å². The number of nitrogens with one attached hydrogen (secondary N) is 4. The van der Waals surface area contributed by atoms with E-state index >= 15 is 0 Å². The third kappa shape index (κ3) is 8.65. The molecule has 1 aromatic heterocycles. The average molecular weight is 308 g/mol. The summed E-state index contributed by atoms with van der Waals surface area (Å²) in [5.41, 5.74) is 12.5. The molecule has 1 heterocycles. The normalized spacial score (nSPS) is 10.5. The van der Waals surface area contributed by atoms with Crippen molar-refractivity contribution >= 4 is 11.0 Å². The molecule has 0 spiro atoms. The number of para-hydroxylation sites is 2. The van der Waals surface area contributed by atoms with E-state index in [1.807, 2.05) is 24.3 Å². The summed E-state index contributed by atoms with van der Waals surface area (Å²) in [6.07, 6.45) is 0. The predicted octanol–water partition coefficient (Wildman–Crippen LogP) is -1.37. The number of benzene rings is 1. The highest BCUT2D eigenvalue weighted by molar-refractivity contribution is 5.72. The second-order valence-electron chi connectivity index (χ2n) is 4.64. The van der Waals surface area contributed by atoms with E-state index in [0.29, 0.717) is 13.1 Å². The fourth-order valence-electron chi connectivity index (χ4n) is 1.72. The number of hydrogen-bond acceptors (Lipinski definition) is 7. The van der Waals surface area contributed by atoms with Gasteiger partial charge in [-0.05, 0) is 12.1 Å². The summed E-state index contributed by atoms with van der Waals surface area (Å²) < 4.78 is 0. The van der Waals surface area contributed by atoms with Crippen molar-refractivity contribution in [2.45, 2.75) is 0 Å². The van der Waals surface area contributed by atoms with Crippen LogP contribution in [0, 0.1) is 0 Å². The van der Waals surface area contributed by atoms with Gasteiger partial charge in [0.25, 0.3) is 0 Å². The van der Waals surface area contributed by atoms with E-state index in [-0.39, 0.29) is 0 Å². The fourth-order valence-corrected chi connectivity index (χ4v) is 1.72. The van der Waals surface area contributed by atoms with Crippen molar-refractivity contribution in [2.24, 2.45) is 11.5 Å². The van der Waals surface area contributed by atoms with Gasteiger partial charge in [0.1, 0.15) is 11.0 Å². The Kier molecular flexibility index (Phi) is 11.0. The fraction of sp³-hybridized carbons (Fsp3) is 0.571. The Morgan fingerprint density at radius 1 is 0.727 bits per heavy atom. The van der Waals surface area contributed by atoms with Crippen LogP contribution in [0.4, 0.5) is 0 Å². The van der Waals surface area contributed by atoms with Gasteiger partial charge >= 0.3 is 0 Å². The Balaban J connectivity index is 0.000000231. The maximum atomic E-state index is 5.32. The molecule has 0 amide bonds. The predicted molar refractivity (Wildman–Crippen MR) is 90.6 cm³/mol. The molecule has 8 nitrogen and oxygen atoms in total. The van der Waals surface area contributed by atoms with Crippen LogP contribution in [0.1, 0.15) is 0 Å². The molecule has 0 aliphatic rings. The highest BCUT2D eigenvalue weighted by atomic mass is 15.3. The van der Waals surface area contributed by atoms with Crippen molar-refractivity contribution in [1.29, 1.82) is 0 Å². The van der Waals surface area contributed by atoms with Crippen molar-refractivity contribution < 1.29 is 0 Å². The van der Waals surface area contributed by atoms with Crippen molar-refractivity contribution in [3.63, 3.8) is 0 Å². The van der Waals surface area contributed by atoms with Crippen LogP contribution in [0.5, 0.6) is 0 Å². The summed E-state index contributed by atoms with van der Waals surface area (Å²) in [7, 11) is 0. The van der Waals surface area contributed by atoms with Crippen LogP contribution in [0.25, 0.3) is 11.0 Å². The SMILES string of the molecule is NCCNCCNCCNCCN.c1ccc2n[nH]nc2c1. The van der Waals surface area contributed by atoms with Crippen LogP contribution in [0.15, 0.2) is 24.3 Å². The molecule has 2 rings (SSSR count). The Hall–Kier alpha value is -1.58. The number of fused-ring (bicyclic) bond motifs is 1. The second kappa shape index (κ2) is 13.1. The van der Waals surface area contributed by atoms with E-state index in [0.717, 1.165) is 50.3 Å². The first-order chi connectivity index (χ1) is 10.9. The van der Waals surface area contributed by atoms with Crippen LogP contribution in [-0.2, 0) is 0 Å². The molecule has 2 aromatic rings. The highest BCUT2D eigenvalue weighted by Crippen LogP contribution is 2.03. The van der Waals surface area contributed by atoms with Gasteiger partial charge in [-0.3, -0.25) is 0 Å². The standard InChI is InChI=1S/C8H23N5.C6H5N3/c9-1-3-11-5-7-13-8-6-12-4-2-10;1-2-4-6-5(3-1)7-9-8-6/h11-13H,1-10H2;1-4H,(H,7,8,9). The van der Waals surface area contributed by atoms with Gasteiger partial charge in [0.2, 0.25) is 0 Å². The largest absolute Gasteiger partial charge is 0.329 e. The quantitative estimate of drug-likeness (QED) is 0.299. The number of rotatable bonds is 10. The minimum atomic E-state index is 0.706. The Morgan fingerprint density at radius 3 is 1.55 bits per heavy atom. The molecule has 0 saturated heterocycles. The van der Waals surface area contributed by atoms with Gasteiger partial charge < -0.3 is 27.4 Å². The zero-order chi connectivity index (χ0) is 15.9. The first kappa shape index (κ1) is 18.5. The van der Waals surface area contributed by atoms with Crippen molar-refractivity contribution in [3.8, 4) is 0 Å². The maximum absolute atomic E-state index is 5.32. The summed E-state index contributed by atoms with van der Waals surface area (Å²) >= 11 is 0. The summed E-state index contributed by atoms with van der Waals surface area (Å²) in [5.74, 6) is 0. The van der Waals surface area contributed by atoms with Gasteiger partial charge in [0.05, 0.1) is 0 Å². The smallest absolute Gasteiger partial charge is 0.112 e. The lowest BCUT2D eigenvalue weighted by Gasteiger charge is -2.06. The van der Waals surface area contributed by atoms with E-state index in [1.165, 1.54) is 0 Å². The molecule has 0 bridgehead atoms. The molecule has 124 valence electrons. The summed E-state index contributed by atoms with van der Waals surface area (Å²) in [4.78, 5) is 0. The molecule has 8 N–H and O–H groups in total. The van der Waals surface area contributed by atoms with E-state index in [9.17, 15) is 0 Å². The van der Waals surface area contributed by atoms with Crippen molar-refractivity contribution in [1.82, 2.24) is 31.4 Å². The number of nitrogens with zero attached hydrogens (tertiary/aromatic N) is 2. The number of aromatic amines is 1. The molecule has 0 aliphatic carbocycles. The lowest BCUT2D eigenvalue weighted by molar-refractivity contribution is 0.586. The Morgan fingerprint density at radius 2 is 1.14 bits per heavy atom. The topological polar surface area (TPSA) is 130 Å². The molecule has 0 radical (unpaired) electrons. The third-order valence-electron chi connectivity index (χ3n) is 2.82. The van der Waals surface area contributed by atoms with Gasteiger partial charge in [-0.15, -0.1) is 0 Å². The minimum Gasteiger partial charge on any atom is -0.329 e. The monoisotopic (exact) mass is 308 g/mol. The van der Waals surface area contributed by atoms with E-state index < -0.39 is 0 Å². The zero-order valence-corrected chi connectivity index (χ0v) is 13.0. The number of nitrogens with two attached hydrogens (primary N) is 2. The molecule has 0 saturated carbocycles. The van der Waals surface area contributed by atoms with Crippen molar-refractivity contribution in [2.75, 3.05) is 52.4 Å². The molecule has 0 fully saturated rings. The Labute approximate surface area is 131 Å². The van der Waals surface area contributed by atoms with Gasteiger partial charge in [-0.2, -0.15) is 15.4 Å². The highest BCUT2D eigenvalue weighted by Gasteiger charge is 1.90. The van der Waals surface area contributed by atoms with E-state index in [1.54, 1.807) is 0 Å². The van der Waals surface area contributed by atoms with Crippen LogP contribution in [0.3, 0.4) is 0 Å². The molecule has 0 aliphatic heterocycles. The van der Waals surface area contributed by atoms with Crippen LogP contribution < -0.4 is 27.4 Å². The third-order valence-corrected chi connectivity index (χ3v) is 2.82. The van der Waals surface area contributed by atoms with Gasteiger partial charge in [-0.1, -0.05) is 12.1 Å². The zero-order valence-electron chi connectivity index (χ0n) is 13.0. The molecule has 8 heteroatoms. The molecule has 0 unspecified atom stereocenters. The van der Waals surface area contributed by atoms with Crippen LogP contribution >= 0.6 is 0 Å². The lowest BCUT2D eigenvalue weighted by Crippen LogP contribution is -2.35. The van der Waals surface area contributed by atoms with E-state index in [2.05, 4.69) is 31.4 Å². The molecule has 0 atom stereocenters. The lowest BCUT2D eigenvalue weighted by atomic mass is 10.3. The molecular weight excluding hydrogens is 280 g/mol. The van der Waals surface area contributed by atoms with E-state index in [4.69, 9.17) is 11.5 Å². The molecule has 22 heavy (non-hydrogen) atoms. The first-order valence-electron chi connectivity index (χ1n) is 7.66. The number of aromatic nitrogens is 3. The minimum absolute atomic E-state index is 0.706. The number of hydrogen-bond donors (Lipinski definition) is 6. The second-order valence-corrected chi connectivity index (χ2v) is 4.64. The summed E-state index contributed by atoms with van der Waals surface area (Å²) in [6.45, 7) is 7.15. The average Bonchev–Trinajstić information content (AvgIpc) is 3.03. The Bertz CT molecular complexity index is 432. The van der Waals surface area contributed by atoms with Gasteiger partial charge in [0.15, 0.2) is 0 Å². The maximum Gasteiger partial charge on any atom is 0.112 e.